The summed E-state index contributed by atoms with van der Waals surface area (Å²) in [6, 6.07) is 13.5. The van der Waals surface area contributed by atoms with Crippen molar-refractivity contribution in [3.05, 3.63) is 48.0 Å². The van der Waals surface area contributed by atoms with Crippen molar-refractivity contribution < 1.29 is 9.90 Å². The van der Waals surface area contributed by atoms with E-state index in [1.807, 2.05) is 42.5 Å². The van der Waals surface area contributed by atoms with Crippen molar-refractivity contribution in [1.82, 2.24) is 5.32 Å². The standard InChI is InChI=1S/C16H20N2O2/c1-11(19)15(17)10-18-16(20)9-13-7-4-6-12-5-2-3-8-14(12)13/h2-8,11,15,19H,9-10,17H2,1H3,(H,18,20). The summed E-state index contributed by atoms with van der Waals surface area (Å²) in [5.74, 6) is -0.0857. The van der Waals surface area contributed by atoms with E-state index in [4.69, 9.17) is 5.73 Å². The summed E-state index contributed by atoms with van der Waals surface area (Å²) in [5.41, 5.74) is 6.68. The van der Waals surface area contributed by atoms with Crippen molar-refractivity contribution in [2.24, 2.45) is 5.73 Å². The number of fused-ring (bicyclic) bond motifs is 1. The van der Waals surface area contributed by atoms with Crippen LogP contribution < -0.4 is 11.1 Å². The number of nitrogens with two attached hydrogens (primary N) is 1. The molecule has 2 atom stereocenters. The van der Waals surface area contributed by atoms with Gasteiger partial charge in [0.2, 0.25) is 5.91 Å². The van der Waals surface area contributed by atoms with Gasteiger partial charge < -0.3 is 16.2 Å². The number of carbonyl (C=O) groups excluding carboxylic acids is 1. The number of aliphatic hydroxyl groups excluding tert-OH is 1. The first kappa shape index (κ1) is 14.5. The Balaban J connectivity index is 2.03. The molecule has 0 saturated heterocycles. The number of nitrogens with one attached hydrogen (secondary N) is 1. The largest absolute Gasteiger partial charge is 0.392 e. The first-order valence-corrected chi connectivity index (χ1v) is 6.75. The molecule has 2 unspecified atom stereocenters. The van der Waals surface area contributed by atoms with Crippen LogP contribution in [0.25, 0.3) is 10.8 Å². The lowest BCUT2D eigenvalue weighted by atomic mass is 10.0. The van der Waals surface area contributed by atoms with Gasteiger partial charge in [0.05, 0.1) is 12.5 Å². The van der Waals surface area contributed by atoms with Crippen molar-refractivity contribution in [2.75, 3.05) is 6.54 Å². The van der Waals surface area contributed by atoms with Gasteiger partial charge in [-0.1, -0.05) is 42.5 Å². The van der Waals surface area contributed by atoms with Gasteiger partial charge in [0, 0.05) is 12.6 Å². The van der Waals surface area contributed by atoms with E-state index in [1.54, 1.807) is 6.92 Å². The minimum atomic E-state index is -0.632. The molecule has 0 bridgehead atoms. The van der Waals surface area contributed by atoms with Gasteiger partial charge in [0.15, 0.2) is 0 Å². The molecule has 4 nitrogen and oxygen atoms in total. The average Bonchev–Trinajstić information content (AvgIpc) is 2.45. The molecule has 4 N–H and O–H groups in total. The Bertz CT molecular complexity index is 591. The van der Waals surface area contributed by atoms with Crippen LogP contribution in [0.15, 0.2) is 42.5 Å². The fourth-order valence-corrected chi connectivity index (χ4v) is 2.08. The van der Waals surface area contributed by atoms with E-state index in [0.29, 0.717) is 6.42 Å². The van der Waals surface area contributed by atoms with E-state index in [-0.39, 0.29) is 12.5 Å². The molecule has 2 rings (SSSR count). The molecule has 0 saturated carbocycles. The van der Waals surface area contributed by atoms with Crippen LogP contribution in [-0.2, 0) is 11.2 Å². The fraction of sp³-hybridized carbons (Fsp3) is 0.312. The maximum Gasteiger partial charge on any atom is 0.224 e. The molecule has 2 aromatic carbocycles. The summed E-state index contributed by atoms with van der Waals surface area (Å²) in [7, 11) is 0. The Morgan fingerprint density at radius 1 is 1.25 bits per heavy atom. The van der Waals surface area contributed by atoms with Crippen LogP contribution >= 0.6 is 0 Å². The van der Waals surface area contributed by atoms with Crippen molar-refractivity contribution in [2.45, 2.75) is 25.5 Å². The van der Waals surface area contributed by atoms with E-state index < -0.39 is 12.1 Å². The van der Waals surface area contributed by atoms with Crippen LogP contribution in [0.3, 0.4) is 0 Å². The number of carbonyl (C=O) groups is 1. The van der Waals surface area contributed by atoms with E-state index in [1.165, 1.54) is 0 Å². The Hall–Kier alpha value is -1.91. The predicted molar refractivity (Wildman–Crippen MR) is 80.3 cm³/mol. The van der Waals surface area contributed by atoms with Crippen molar-refractivity contribution in [3.8, 4) is 0 Å². The molecule has 0 aliphatic rings. The van der Waals surface area contributed by atoms with Gasteiger partial charge in [-0.25, -0.2) is 0 Å². The van der Waals surface area contributed by atoms with Crippen LogP contribution in [0.2, 0.25) is 0 Å². The molecule has 20 heavy (non-hydrogen) atoms. The Morgan fingerprint density at radius 2 is 1.95 bits per heavy atom. The van der Waals surface area contributed by atoms with Gasteiger partial charge in [0.1, 0.15) is 0 Å². The van der Waals surface area contributed by atoms with Crippen molar-refractivity contribution >= 4 is 16.7 Å². The summed E-state index contributed by atoms with van der Waals surface area (Å²) in [6.07, 6.45) is -0.318. The number of rotatable bonds is 5. The molecule has 0 aliphatic heterocycles. The highest BCUT2D eigenvalue weighted by Gasteiger charge is 2.11. The molecule has 0 heterocycles. The third kappa shape index (κ3) is 3.56. The molecule has 0 aromatic heterocycles. The second kappa shape index (κ2) is 6.50. The fourth-order valence-electron chi connectivity index (χ4n) is 2.08. The predicted octanol–water partition coefficient (Wildman–Crippen LogP) is 1.21. The van der Waals surface area contributed by atoms with E-state index >= 15 is 0 Å². The molecular formula is C16H20N2O2. The summed E-state index contributed by atoms with van der Waals surface area (Å²) in [5, 5.41) is 14.3. The SMILES string of the molecule is CC(O)C(N)CNC(=O)Cc1cccc2ccccc12. The molecular weight excluding hydrogens is 252 g/mol. The Kier molecular flexibility index (Phi) is 4.71. The average molecular weight is 272 g/mol. The summed E-state index contributed by atoms with van der Waals surface area (Å²) in [6.45, 7) is 1.89. The molecule has 0 fully saturated rings. The topological polar surface area (TPSA) is 75.3 Å². The van der Waals surface area contributed by atoms with Crippen molar-refractivity contribution in [1.29, 1.82) is 0 Å². The highest BCUT2D eigenvalue weighted by atomic mass is 16.3. The number of benzene rings is 2. The molecule has 106 valence electrons. The third-order valence-corrected chi connectivity index (χ3v) is 3.39. The maximum absolute atomic E-state index is 11.9. The number of hydrogen-bond donors (Lipinski definition) is 3. The van der Waals surface area contributed by atoms with E-state index in [0.717, 1.165) is 16.3 Å². The second-order valence-electron chi connectivity index (χ2n) is 5.02. The Labute approximate surface area is 118 Å². The first-order chi connectivity index (χ1) is 9.58. The van der Waals surface area contributed by atoms with Crippen LogP contribution in [0.4, 0.5) is 0 Å². The molecule has 0 spiro atoms. The second-order valence-corrected chi connectivity index (χ2v) is 5.02. The van der Waals surface area contributed by atoms with E-state index in [2.05, 4.69) is 5.32 Å². The minimum absolute atomic E-state index is 0.0857. The zero-order chi connectivity index (χ0) is 14.5. The number of hydrogen-bond acceptors (Lipinski definition) is 3. The quantitative estimate of drug-likeness (QED) is 0.765. The highest BCUT2D eigenvalue weighted by Crippen LogP contribution is 2.18. The molecule has 0 radical (unpaired) electrons. The first-order valence-electron chi connectivity index (χ1n) is 6.75. The van der Waals surface area contributed by atoms with Gasteiger partial charge in [0.25, 0.3) is 0 Å². The van der Waals surface area contributed by atoms with Crippen LogP contribution in [-0.4, -0.2) is 29.7 Å². The third-order valence-electron chi connectivity index (χ3n) is 3.39. The summed E-state index contributed by atoms with van der Waals surface area (Å²) >= 11 is 0. The zero-order valence-corrected chi connectivity index (χ0v) is 11.5. The smallest absolute Gasteiger partial charge is 0.224 e. The molecule has 4 heteroatoms. The van der Waals surface area contributed by atoms with Crippen LogP contribution in [0.1, 0.15) is 12.5 Å². The minimum Gasteiger partial charge on any atom is -0.392 e. The lowest BCUT2D eigenvalue weighted by molar-refractivity contribution is -0.120. The van der Waals surface area contributed by atoms with Gasteiger partial charge in [-0.05, 0) is 23.3 Å². The normalized spacial score (nSPS) is 13.9. The zero-order valence-electron chi connectivity index (χ0n) is 11.5. The van der Waals surface area contributed by atoms with Gasteiger partial charge in [-0.2, -0.15) is 0 Å². The highest BCUT2D eigenvalue weighted by molar-refractivity contribution is 5.90. The molecule has 2 aromatic rings. The summed E-state index contributed by atoms with van der Waals surface area (Å²) in [4.78, 5) is 11.9. The molecule has 0 aliphatic carbocycles. The maximum atomic E-state index is 11.9. The van der Waals surface area contributed by atoms with Crippen LogP contribution in [0, 0.1) is 0 Å². The summed E-state index contributed by atoms with van der Waals surface area (Å²) < 4.78 is 0. The monoisotopic (exact) mass is 272 g/mol. The Morgan fingerprint density at radius 3 is 2.70 bits per heavy atom. The lowest BCUT2D eigenvalue weighted by Gasteiger charge is -2.15. The number of aliphatic hydroxyl groups is 1. The van der Waals surface area contributed by atoms with Gasteiger partial charge in [-0.15, -0.1) is 0 Å². The van der Waals surface area contributed by atoms with Gasteiger partial charge >= 0.3 is 0 Å². The van der Waals surface area contributed by atoms with E-state index in [9.17, 15) is 9.90 Å². The van der Waals surface area contributed by atoms with Crippen molar-refractivity contribution in [3.63, 3.8) is 0 Å². The van der Waals surface area contributed by atoms with Gasteiger partial charge in [-0.3, -0.25) is 4.79 Å². The molecule has 1 amide bonds. The lowest BCUT2D eigenvalue weighted by Crippen LogP contribution is -2.44. The van der Waals surface area contributed by atoms with Crippen LogP contribution in [0.5, 0.6) is 0 Å². The number of amides is 1.